The molecule has 0 unspecified atom stereocenters. The van der Waals surface area contributed by atoms with Gasteiger partial charge in [-0.15, -0.1) is 0 Å². The van der Waals surface area contributed by atoms with Crippen molar-refractivity contribution in [1.82, 2.24) is 4.90 Å². The van der Waals surface area contributed by atoms with E-state index in [1.165, 1.54) is 17.4 Å². The molecule has 0 radical (unpaired) electrons. The number of hydrogen-bond acceptors (Lipinski definition) is 5. The maximum absolute atomic E-state index is 10.8. The third kappa shape index (κ3) is 4.11. The first-order chi connectivity index (χ1) is 9.95. The molecule has 21 heavy (non-hydrogen) atoms. The molecule has 7 heteroatoms. The van der Waals surface area contributed by atoms with Gasteiger partial charge >= 0.3 is 11.0 Å². The summed E-state index contributed by atoms with van der Waals surface area (Å²) in [5.41, 5.74) is 1.25. The molecular weight excluding hydrogens is 292 g/mol. The number of rotatable bonds is 6. The van der Waals surface area contributed by atoms with Crippen molar-refractivity contribution in [3.8, 4) is 0 Å². The fourth-order valence-corrected chi connectivity index (χ4v) is 2.84. The second-order valence-electron chi connectivity index (χ2n) is 4.67. The maximum atomic E-state index is 10.8. The molecule has 0 bridgehead atoms. The Balaban J connectivity index is 1.95. The Labute approximate surface area is 125 Å². The van der Waals surface area contributed by atoms with Crippen LogP contribution < -0.4 is 0 Å². The minimum absolute atomic E-state index is 0.143. The molecule has 2 rings (SSSR count). The molecule has 0 atom stereocenters. The number of carboxylic acids is 1. The van der Waals surface area contributed by atoms with Crippen LogP contribution in [0.1, 0.15) is 20.8 Å². The summed E-state index contributed by atoms with van der Waals surface area (Å²) in [5, 5.41) is 19.6. The zero-order valence-electron chi connectivity index (χ0n) is 11.4. The molecule has 0 spiro atoms. The number of thiophene rings is 1. The summed E-state index contributed by atoms with van der Waals surface area (Å²) in [4.78, 5) is 24.0. The standard InChI is InChI=1S/C14H14N2O4S/c1-15(9-12-6-7-13(21-12)16(19)20)8-10-2-4-11(5-3-10)14(17)18/h2-7H,8-9H2,1H3,(H,17,18). The first-order valence-corrected chi connectivity index (χ1v) is 7.01. The lowest BCUT2D eigenvalue weighted by atomic mass is 10.1. The lowest BCUT2D eigenvalue weighted by Crippen LogP contribution is -2.16. The van der Waals surface area contributed by atoms with E-state index in [9.17, 15) is 14.9 Å². The normalized spacial score (nSPS) is 10.8. The predicted octanol–water partition coefficient (Wildman–Crippen LogP) is 2.99. The van der Waals surface area contributed by atoms with Gasteiger partial charge in [-0.05, 0) is 30.8 Å². The molecule has 0 saturated heterocycles. The van der Waals surface area contributed by atoms with Crippen molar-refractivity contribution >= 4 is 22.3 Å². The summed E-state index contributed by atoms with van der Waals surface area (Å²) in [6.45, 7) is 1.25. The second-order valence-corrected chi connectivity index (χ2v) is 5.82. The quantitative estimate of drug-likeness (QED) is 0.655. The molecule has 0 aliphatic carbocycles. The largest absolute Gasteiger partial charge is 0.478 e. The summed E-state index contributed by atoms with van der Waals surface area (Å²) in [6, 6.07) is 9.96. The Hall–Kier alpha value is -2.25. The van der Waals surface area contributed by atoms with Crippen LogP contribution in [0.3, 0.4) is 0 Å². The lowest BCUT2D eigenvalue weighted by molar-refractivity contribution is -0.380. The van der Waals surface area contributed by atoms with Crippen LogP contribution in [-0.4, -0.2) is 27.9 Å². The Bertz CT molecular complexity index is 651. The van der Waals surface area contributed by atoms with Gasteiger partial charge in [0.1, 0.15) is 0 Å². The zero-order chi connectivity index (χ0) is 15.4. The molecule has 1 aromatic heterocycles. The van der Waals surface area contributed by atoms with Crippen LogP contribution >= 0.6 is 11.3 Å². The van der Waals surface area contributed by atoms with Crippen molar-refractivity contribution in [1.29, 1.82) is 0 Å². The summed E-state index contributed by atoms with van der Waals surface area (Å²) in [7, 11) is 1.91. The molecule has 0 amide bonds. The topological polar surface area (TPSA) is 83.7 Å². The van der Waals surface area contributed by atoms with E-state index in [4.69, 9.17) is 5.11 Å². The number of nitro groups is 1. The van der Waals surface area contributed by atoms with Crippen molar-refractivity contribution in [2.75, 3.05) is 7.05 Å². The van der Waals surface area contributed by atoms with E-state index in [1.54, 1.807) is 30.3 Å². The Kier molecular flexibility index (Phi) is 4.66. The van der Waals surface area contributed by atoms with Crippen LogP contribution in [0.15, 0.2) is 36.4 Å². The fraction of sp³-hybridized carbons (Fsp3) is 0.214. The van der Waals surface area contributed by atoms with Crippen LogP contribution in [0, 0.1) is 10.1 Å². The molecule has 0 fully saturated rings. The number of benzene rings is 1. The van der Waals surface area contributed by atoms with Gasteiger partial charge < -0.3 is 5.11 Å². The maximum Gasteiger partial charge on any atom is 0.335 e. The van der Waals surface area contributed by atoms with E-state index in [2.05, 4.69) is 0 Å². The number of carboxylic acid groups (broad SMARTS) is 1. The molecule has 0 aliphatic heterocycles. The fourth-order valence-electron chi connectivity index (χ4n) is 1.94. The van der Waals surface area contributed by atoms with Gasteiger partial charge in [0.25, 0.3) is 0 Å². The number of nitrogens with zero attached hydrogens (tertiary/aromatic N) is 2. The molecule has 1 heterocycles. The Morgan fingerprint density at radius 2 is 1.90 bits per heavy atom. The van der Waals surface area contributed by atoms with Gasteiger partial charge in [-0.3, -0.25) is 15.0 Å². The van der Waals surface area contributed by atoms with E-state index in [0.29, 0.717) is 13.1 Å². The smallest absolute Gasteiger partial charge is 0.335 e. The van der Waals surface area contributed by atoms with Crippen LogP contribution in [0.5, 0.6) is 0 Å². The second kappa shape index (κ2) is 6.47. The van der Waals surface area contributed by atoms with E-state index in [0.717, 1.165) is 10.4 Å². The van der Waals surface area contributed by atoms with E-state index >= 15 is 0 Å². The highest BCUT2D eigenvalue weighted by Gasteiger charge is 2.11. The molecular formula is C14H14N2O4S. The molecule has 1 N–H and O–H groups in total. The first-order valence-electron chi connectivity index (χ1n) is 6.19. The Morgan fingerprint density at radius 1 is 1.24 bits per heavy atom. The van der Waals surface area contributed by atoms with Gasteiger partial charge in [-0.1, -0.05) is 23.5 Å². The molecule has 0 aliphatic rings. The Morgan fingerprint density at radius 3 is 2.43 bits per heavy atom. The molecule has 6 nitrogen and oxygen atoms in total. The number of hydrogen-bond donors (Lipinski definition) is 1. The third-order valence-corrected chi connectivity index (χ3v) is 3.93. The van der Waals surface area contributed by atoms with Crippen LogP contribution in [0.2, 0.25) is 0 Å². The number of carbonyl (C=O) groups is 1. The van der Waals surface area contributed by atoms with Gasteiger partial charge in [0.15, 0.2) is 0 Å². The molecule has 0 saturated carbocycles. The highest BCUT2D eigenvalue weighted by molar-refractivity contribution is 7.15. The van der Waals surface area contributed by atoms with Crippen molar-refractivity contribution in [3.63, 3.8) is 0 Å². The average molecular weight is 306 g/mol. The SMILES string of the molecule is CN(Cc1ccc(C(=O)O)cc1)Cc1ccc([N+](=O)[O-])s1. The zero-order valence-corrected chi connectivity index (χ0v) is 12.2. The summed E-state index contributed by atoms with van der Waals surface area (Å²) in [6.07, 6.45) is 0. The number of aromatic carboxylic acids is 1. The van der Waals surface area contributed by atoms with Crippen molar-refractivity contribution < 1.29 is 14.8 Å². The lowest BCUT2D eigenvalue weighted by Gasteiger charge is -2.15. The monoisotopic (exact) mass is 306 g/mol. The van der Waals surface area contributed by atoms with Gasteiger partial charge in [0, 0.05) is 24.0 Å². The average Bonchev–Trinajstić information content (AvgIpc) is 2.87. The van der Waals surface area contributed by atoms with Gasteiger partial charge in [-0.25, -0.2) is 4.79 Å². The minimum Gasteiger partial charge on any atom is -0.478 e. The summed E-state index contributed by atoms with van der Waals surface area (Å²) >= 11 is 1.17. The van der Waals surface area contributed by atoms with Crippen molar-refractivity contribution in [3.05, 3.63) is 62.5 Å². The molecule has 110 valence electrons. The predicted molar refractivity (Wildman–Crippen MR) is 79.5 cm³/mol. The molecule has 1 aromatic carbocycles. The van der Waals surface area contributed by atoms with E-state index < -0.39 is 10.9 Å². The highest BCUT2D eigenvalue weighted by atomic mass is 32.1. The molecule has 2 aromatic rings. The van der Waals surface area contributed by atoms with E-state index in [1.807, 2.05) is 11.9 Å². The van der Waals surface area contributed by atoms with Gasteiger partial charge in [0.2, 0.25) is 0 Å². The first kappa shape index (κ1) is 15.1. The van der Waals surface area contributed by atoms with Crippen molar-refractivity contribution in [2.24, 2.45) is 0 Å². The highest BCUT2D eigenvalue weighted by Crippen LogP contribution is 2.25. The van der Waals surface area contributed by atoms with E-state index in [-0.39, 0.29) is 10.6 Å². The van der Waals surface area contributed by atoms with Crippen LogP contribution in [0.25, 0.3) is 0 Å². The third-order valence-electron chi connectivity index (χ3n) is 2.91. The van der Waals surface area contributed by atoms with Crippen molar-refractivity contribution in [2.45, 2.75) is 13.1 Å². The van der Waals surface area contributed by atoms with Gasteiger partial charge in [0.05, 0.1) is 10.5 Å². The van der Waals surface area contributed by atoms with Gasteiger partial charge in [-0.2, -0.15) is 0 Å². The minimum atomic E-state index is -0.944. The van der Waals surface area contributed by atoms with Crippen LogP contribution in [-0.2, 0) is 13.1 Å². The summed E-state index contributed by atoms with van der Waals surface area (Å²) < 4.78 is 0. The summed E-state index contributed by atoms with van der Waals surface area (Å²) in [5.74, 6) is -0.944. The van der Waals surface area contributed by atoms with Crippen LogP contribution in [0.4, 0.5) is 5.00 Å².